The lowest BCUT2D eigenvalue weighted by Crippen LogP contribution is -2.25. The average Bonchev–Trinajstić information content (AvgIpc) is 3.22. The molecule has 30 heavy (non-hydrogen) atoms. The van der Waals surface area contributed by atoms with Crippen molar-refractivity contribution in [2.75, 3.05) is 13.7 Å². The van der Waals surface area contributed by atoms with Crippen LogP contribution in [-0.2, 0) is 6.61 Å². The van der Waals surface area contributed by atoms with Crippen LogP contribution in [0, 0.1) is 0 Å². The van der Waals surface area contributed by atoms with Crippen molar-refractivity contribution in [2.24, 2.45) is 0 Å². The first-order valence-corrected chi connectivity index (χ1v) is 10.3. The van der Waals surface area contributed by atoms with Gasteiger partial charge in [0, 0.05) is 45.3 Å². The van der Waals surface area contributed by atoms with Crippen molar-refractivity contribution in [3.05, 3.63) is 87.4 Å². The summed E-state index contributed by atoms with van der Waals surface area (Å²) >= 11 is 12.1. The number of hydrogen-bond donors (Lipinski definition) is 3. The zero-order valence-corrected chi connectivity index (χ0v) is 17.9. The van der Waals surface area contributed by atoms with Gasteiger partial charge >= 0.3 is 0 Å². The molecule has 0 aromatic heterocycles. The van der Waals surface area contributed by atoms with E-state index in [0.29, 0.717) is 15.8 Å². The van der Waals surface area contributed by atoms with Gasteiger partial charge in [0.15, 0.2) is 0 Å². The van der Waals surface area contributed by atoms with E-state index in [0.717, 1.165) is 29.0 Å². The highest BCUT2D eigenvalue weighted by Crippen LogP contribution is 2.41. The molecule has 1 heterocycles. The number of halogens is 2. The van der Waals surface area contributed by atoms with Crippen LogP contribution in [-0.4, -0.2) is 18.8 Å². The van der Waals surface area contributed by atoms with E-state index < -0.39 is 0 Å². The van der Waals surface area contributed by atoms with E-state index in [1.54, 1.807) is 25.3 Å². The fourth-order valence-corrected chi connectivity index (χ4v) is 4.19. The lowest BCUT2D eigenvalue weighted by molar-refractivity contribution is 0.304. The molecule has 0 radical (unpaired) electrons. The maximum Gasteiger partial charge on any atom is 0.124 e. The summed E-state index contributed by atoms with van der Waals surface area (Å²) in [6.07, 6.45) is 0. The van der Waals surface area contributed by atoms with Gasteiger partial charge in [-0.2, -0.15) is 0 Å². The number of ether oxygens (including phenoxy) is 2. The third-order valence-corrected chi connectivity index (χ3v) is 5.85. The van der Waals surface area contributed by atoms with Crippen LogP contribution in [0.2, 0.25) is 10.0 Å². The Hall–Kier alpha value is -2.44. The van der Waals surface area contributed by atoms with Crippen molar-refractivity contribution in [3.8, 4) is 17.2 Å². The van der Waals surface area contributed by atoms with Crippen LogP contribution in [0.5, 0.6) is 17.2 Å². The van der Waals surface area contributed by atoms with Gasteiger partial charge in [0.05, 0.1) is 13.2 Å². The third-order valence-electron chi connectivity index (χ3n) is 5.27. The second-order valence-corrected chi connectivity index (χ2v) is 7.94. The fourth-order valence-electron chi connectivity index (χ4n) is 3.73. The van der Waals surface area contributed by atoms with Gasteiger partial charge in [0.2, 0.25) is 0 Å². The molecule has 0 spiro atoms. The molecule has 4 rings (SSSR count). The zero-order chi connectivity index (χ0) is 21.1. The standard InChI is InChI=1S/C23H22Cl2N2O3/c1-29-22-5-3-2-4-17(22)19-12-26-27-23(19)18-9-8-16(11-21(18)28)30-13-14-6-7-15(24)10-20(14)25/h2-11,19,23,26-28H,12-13H2,1H3. The van der Waals surface area contributed by atoms with Crippen LogP contribution < -0.4 is 20.3 Å². The summed E-state index contributed by atoms with van der Waals surface area (Å²) in [6.45, 7) is 1.000. The molecule has 3 aromatic rings. The maximum atomic E-state index is 10.7. The van der Waals surface area contributed by atoms with E-state index in [4.69, 9.17) is 32.7 Å². The summed E-state index contributed by atoms with van der Waals surface area (Å²) in [5.41, 5.74) is 9.15. The molecular weight excluding hydrogens is 423 g/mol. The predicted molar refractivity (Wildman–Crippen MR) is 119 cm³/mol. The number of para-hydroxylation sites is 1. The highest BCUT2D eigenvalue weighted by atomic mass is 35.5. The quantitative estimate of drug-likeness (QED) is 0.486. The van der Waals surface area contributed by atoms with Gasteiger partial charge in [-0.1, -0.05) is 53.5 Å². The molecule has 1 saturated heterocycles. The number of benzene rings is 3. The van der Waals surface area contributed by atoms with Crippen molar-refractivity contribution in [1.29, 1.82) is 0 Å². The number of hydrazine groups is 1. The lowest BCUT2D eigenvalue weighted by atomic mass is 9.87. The molecule has 1 aliphatic rings. The van der Waals surface area contributed by atoms with Crippen LogP contribution in [0.4, 0.5) is 0 Å². The number of hydrogen-bond acceptors (Lipinski definition) is 5. The Morgan fingerprint density at radius 2 is 1.87 bits per heavy atom. The number of phenolic OH excluding ortho intramolecular Hbond substituents is 1. The zero-order valence-electron chi connectivity index (χ0n) is 16.4. The summed E-state index contributed by atoms with van der Waals surface area (Å²) in [5.74, 6) is 1.65. The molecule has 2 atom stereocenters. The second kappa shape index (κ2) is 9.14. The van der Waals surface area contributed by atoms with Crippen LogP contribution in [0.25, 0.3) is 0 Å². The number of nitrogens with one attached hydrogen (secondary N) is 2. The summed E-state index contributed by atoms with van der Waals surface area (Å²) in [6, 6.07) is 18.4. The van der Waals surface area contributed by atoms with Gasteiger partial charge in [0.25, 0.3) is 0 Å². The second-order valence-electron chi connectivity index (χ2n) is 7.10. The van der Waals surface area contributed by atoms with Crippen molar-refractivity contribution < 1.29 is 14.6 Å². The highest BCUT2D eigenvalue weighted by molar-refractivity contribution is 6.35. The molecule has 0 saturated carbocycles. The lowest BCUT2D eigenvalue weighted by Gasteiger charge is -2.22. The van der Waals surface area contributed by atoms with E-state index in [-0.39, 0.29) is 24.3 Å². The molecule has 1 fully saturated rings. The molecule has 3 aromatic carbocycles. The monoisotopic (exact) mass is 444 g/mol. The molecule has 156 valence electrons. The molecule has 5 nitrogen and oxygen atoms in total. The van der Waals surface area contributed by atoms with Gasteiger partial charge in [-0.3, -0.25) is 5.43 Å². The highest BCUT2D eigenvalue weighted by Gasteiger charge is 2.33. The van der Waals surface area contributed by atoms with Crippen molar-refractivity contribution in [1.82, 2.24) is 10.9 Å². The SMILES string of the molecule is COc1ccccc1C1CNNC1c1ccc(OCc2ccc(Cl)cc2Cl)cc1O. The minimum absolute atomic E-state index is 0.103. The number of phenols is 1. The van der Waals surface area contributed by atoms with Crippen LogP contribution in [0.3, 0.4) is 0 Å². The first kappa shape index (κ1) is 20.8. The first-order chi connectivity index (χ1) is 14.6. The molecule has 0 amide bonds. The molecule has 0 bridgehead atoms. The third kappa shape index (κ3) is 4.35. The maximum absolute atomic E-state index is 10.7. The Bertz CT molecular complexity index is 1040. The summed E-state index contributed by atoms with van der Waals surface area (Å²) < 4.78 is 11.3. The Balaban J connectivity index is 1.52. The fraction of sp³-hybridized carbons (Fsp3) is 0.217. The number of aromatic hydroxyl groups is 1. The predicted octanol–water partition coefficient (Wildman–Crippen LogP) is 5.22. The van der Waals surface area contributed by atoms with Crippen LogP contribution >= 0.6 is 23.2 Å². The average molecular weight is 445 g/mol. The smallest absolute Gasteiger partial charge is 0.124 e. The molecular formula is C23H22Cl2N2O3. The largest absolute Gasteiger partial charge is 0.507 e. The Labute approximate surface area is 185 Å². The Morgan fingerprint density at radius 1 is 1.03 bits per heavy atom. The van der Waals surface area contributed by atoms with Crippen molar-refractivity contribution >= 4 is 23.2 Å². The topological polar surface area (TPSA) is 62.8 Å². The van der Waals surface area contributed by atoms with Crippen molar-refractivity contribution in [2.45, 2.75) is 18.6 Å². The minimum Gasteiger partial charge on any atom is -0.507 e. The Morgan fingerprint density at radius 3 is 2.63 bits per heavy atom. The van der Waals surface area contributed by atoms with E-state index in [1.165, 1.54) is 0 Å². The van der Waals surface area contributed by atoms with Gasteiger partial charge in [-0.25, -0.2) is 5.43 Å². The summed E-state index contributed by atoms with van der Waals surface area (Å²) in [5, 5.41) is 11.8. The Kier molecular flexibility index (Phi) is 6.35. The molecule has 1 aliphatic heterocycles. The van der Waals surface area contributed by atoms with Crippen LogP contribution in [0.1, 0.15) is 28.7 Å². The van der Waals surface area contributed by atoms with E-state index >= 15 is 0 Å². The van der Waals surface area contributed by atoms with Crippen LogP contribution in [0.15, 0.2) is 60.7 Å². The van der Waals surface area contributed by atoms with E-state index in [1.807, 2.05) is 36.4 Å². The first-order valence-electron chi connectivity index (χ1n) is 9.57. The molecule has 7 heteroatoms. The summed E-state index contributed by atoms with van der Waals surface area (Å²) in [7, 11) is 1.67. The molecule has 3 N–H and O–H groups in total. The summed E-state index contributed by atoms with van der Waals surface area (Å²) in [4.78, 5) is 0. The molecule has 0 aliphatic carbocycles. The van der Waals surface area contributed by atoms with Gasteiger partial charge in [0.1, 0.15) is 23.9 Å². The normalized spacial score (nSPS) is 18.4. The van der Waals surface area contributed by atoms with Crippen molar-refractivity contribution in [3.63, 3.8) is 0 Å². The van der Waals surface area contributed by atoms with E-state index in [2.05, 4.69) is 16.9 Å². The van der Waals surface area contributed by atoms with Gasteiger partial charge < -0.3 is 14.6 Å². The van der Waals surface area contributed by atoms with Gasteiger partial charge in [-0.05, 0) is 24.3 Å². The van der Waals surface area contributed by atoms with E-state index in [9.17, 15) is 5.11 Å². The number of methoxy groups -OCH3 is 1. The minimum atomic E-state index is -0.110. The molecule has 2 unspecified atom stereocenters. The number of rotatable bonds is 6. The van der Waals surface area contributed by atoms with Gasteiger partial charge in [-0.15, -0.1) is 0 Å².